The van der Waals surface area contributed by atoms with Gasteiger partial charge in [0.2, 0.25) is 0 Å². The van der Waals surface area contributed by atoms with Crippen molar-refractivity contribution < 1.29 is 30.3 Å². The van der Waals surface area contributed by atoms with Crippen LogP contribution in [-0.4, -0.2) is 57.9 Å². The highest BCUT2D eigenvalue weighted by Gasteiger charge is 1.82. The van der Waals surface area contributed by atoms with Gasteiger partial charge in [0.25, 0.3) is 0 Å². The number of aliphatic hydroxyl groups excluding tert-OH is 4. The van der Waals surface area contributed by atoms with E-state index in [0.29, 0.717) is 0 Å². The first-order chi connectivity index (χ1) is 6.51. The molecule has 14 heavy (non-hydrogen) atoms. The number of aliphatic carboxylic acids is 1. The lowest BCUT2D eigenvalue weighted by Gasteiger charge is -1.72. The first-order valence-electron chi connectivity index (χ1n) is 4.17. The number of hydrogen-bond donors (Lipinski definition) is 5. The maximum atomic E-state index is 9.12. The summed E-state index contributed by atoms with van der Waals surface area (Å²) < 4.78 is 0. The summed E-state index contributed by atoms with van der Waals surface area (Å²) in [5.74, 6) is -1.19. The molecule has 0 aromatic rings. The van der Waals surface area contributed by atoms with Gasteiger partial charge in [0.1, 0.15) is 6.61 Å². The Kier molecular flexibility index (Phi) is 65.7. The molecule has 0 radical (unpaired) electrons. The summed E-state index contributed by atoms with van der Waals surface area (Å²) in [7, 11) is 0. The van der Waals surface area contributed by atoms with Crippen LogP contribution in [0.3, 0.4) is 0 Å². The molecule has 5 N–H and O–H groups in total. The third kappa shape index (κ3) is 701. The number of hydrogen-bond acceptors (Lipinski definition) is 5. The lowest BCUT2D eigenvalue weighted by molar-refractivity contribution is -0.140. The zero-order chi connectivity index (χ0) is 12.4. The van der Waals surface area contributed by atoms with Gasteiger partial charge in [-0.15, -0.1) is 0 Å². The summed E-state index contributed by atoms with van der Waals surface area (Å²) in [5, 5.41) is 37.7. The Balaban J connectivity index is -0.0000000495. The van der Waals surface area contributed by atoms with Crippen molar-refractivity contribution in [2.75, 3.05) is 26.4 Å². The fraction of sp³-hybridized carbons (Fsp3) is 0.875. The minimum atomic E-state index is -1.19. The predicted octanol–water partition coefficient (Wildman–Crippen LogP) is -0.941. The maximum Gasteiger partial charge on any atom is 0.329 e. The lowest BCUT2D eigenvalue weighted by atomic mass is 10.8. The summed E-state index contributed by atoms with van der Waals surface area (Å²) in [5.41, 5.74) is 0. The molecule has 90 valence electrons. The summed E-state index contributed by atoms with van der Waals surface area (Å²) in [4.78, 5) is 9.12. The minimum Gasteiger partial charge on any atom is -0.480 e. The van der Waals surface area contributed by atoms with Crippen LogP contribution in [-0.2, 0) is 4.79 Å². The molecular weight excluding hydrogens is 192 g/mol. The number of aliphatic hydroxyl groups is 4. The van der Waals surface area contributed by atoms with Gasteiger partial charge in [0.15, 0.2) is 0 Å². The van der Waals surface area contributed by atoms with Crippen molar-refractivity contribution in [1.82, 2.24) is 0 Å². The molecular formula is C8H22O6. The Morgan fingerprint density at radius 2 is 0.929 bits per heavy atom. The molecule has 0 amide bonds. The average Bonchev–Trinajstić information content (AvgIpc) is 2.08. The van der Waals surface area contributed by atoms with Crippen LogP contribution in [0, 0.1) is 0 Å². The molecule has 6 nitrogen and oxygen atoms in total. The van der Waals surface area contributed by atoms with Gasteiger partial charge in [-0.3, -0.25) is 0 Å². The second-order valence-electron chi connectivity index (χ2n) is 1.50. The van der Waals surface area contributed by atoms with Gasteiger partial charge in [0, 0.05) is 19.8 Å². The molecule has 0 saturated heterocycles. The van der Waals surface area contributed by atoms with E-state index in [4.69, 9.17) is 30.3 Å². The van der Waals surface area contributed by atoms with Gasteiger partial charge in [0.05, 0.1) is 0 Å². The van der Waals surface area contributed by atoms with E-state index in [1.54, 1.807) is 20.8 Å². The van der Waals surface area contributed by atoms with Crippen LogP contribution in [0.15, 0.2) is 0 Å². The lowest BCUT2D eigenvalue weighted by Crippen LogP contribution is -1.98. The van der Waals surface area contributed by atoms with Crippen LogP contribution in [0.2, 0.25) is 0 Å². The molecule has 0 aliphatic carbocycles. The highest BCUT2D eigenvalue weighted by Crippen LogP contribution is 1.48. The van der Waals surface area contributed by atoms with Crippen molar-refractivity contribution in [3.8, 4) is 0 Å². The third-order valence-corrected chi connectivity index (χ3v) is 0.135. The van der Waals surface area contributed by atoms with Crippen LogP contribution in [0.1, 0.15) is 20.8 Å². The van der Waals surface area contributed by atoms with E-state index in [1.807, 2.05) is 0 Å². The topological polar surface area (TPSA) is 118 Å². The van der Waals surface area contributed by atoms with Crippen molar-refractivity contribution in [2.24, 2.45) is 0 Å². The summed E-state index contributed by atoms with van der Waals surface area (Å²) >= 11 is 0. The van der Waals surface area contributed by atoms with E-state index in [2.05, 4.69) is 0 Å². The van der Waals surface area contributed by atoms with Crippen molar-refractivity contribution in [3.05, 3.63) is 0 Å². The molecule has 0 bridgehead atoms. The molecule has 0 saturated carbocycles. The molecule has 0 unspecified atom stereocenters. The van der Waals surface area contributed by atoms with E-state index in [0.717, 1.165) is 0 Å². The minimum absolute atomic E-state index is 0.250. The van der Waals surface area contributed by atoms with Crippen LogP contribution in [0.4, 0.5) is 0 Å². The monoisotopic (exact) mass is 214 g/mol. The van der Waals surface area contributed by atoms with Gasteiger partial charge in [-0.1, -0.05) is 0 Å². The smallest absolute Gasteiger partial charge is 0.329 e. The fourth-order valence-electron chi connectivity index (χ4n) is 0. The Labute approximate surface area is 84.4 Å². The quantitative estimate of drug-likeness (QED) is 0.384. The van der Waals surface area contributed by atoms with Crippen molar-refractivity contribution >= 4 is 5.97 Å². The largest absolute Gasteiger partial charge is 0.480 e. The zero-order valence-electron chi connectivity index (χ0n) is 8.97. The summed E-state index contributed by atoms with van der Waals surface area (Å²) in [6, 6.07) is 0. The van der Waals surface area contributed by atoms with Crippen molar-refractivity contribution in [1.29, 1.82) is 0 Å². The van der Waals surface area contributed by atoms with Crippen LogP contribution >= 0.6 is 0 Å². The van der Waals surface area contributed by atoms with E-state index in [-0.39, 0.29) is 19.8 Å². The predicted molar refractivity (Wildman–Crippen MR) is 53.0 cm³/mol. The molecule has 0 rings (SSSR count). The van der Waals surface area contributed by atoms with Gasteiger partial charge in [-0.05, 0) is 20.8 Å². The SMILES string of the molecule is CCO.CCO.CCO.O=C(O)CO. The number of carbonyl (C=O) groups is 1. The molecule has 0 fully saturated rings. The van der Waals surface area contributed by atoms with Gasteiger partial charge in [-0.2, -0.15) is 0 Å². The van der Waals surface area contributed by atoms with E-state index in [9.17, 15) is 0 Å². The second-order valence-corrected chi connectivity index (χ2v) is 1.50. The van der Waals surface area contributed by atoms with Gasteiger partial charge in [-0.25, -0.2) is 4.79 Å². The normalized spacial score (nSPS) is 6.50. The standard InChI is InChI=1S/C2H4O3.3C2H6O/c3-1-2(4)5;3*1-2-3/h3H,1H2,(H,4,5);3*3H,2H2,1H3. The molecule has 0 aliphatic rings. The molecule has 0 aromatic carbocycles. The summed E-state index contributed by atoms with van der Waals surface area (Å²) in [6.07, 6.45) is 0. The van der Waals surface area contributed by atoms with E-state index >= 15 is 0 Å². The van der Waals surface area contributed by atoms with Crippen LogP contribution in [0.25, 0.3) is 0 Å². The van der Waals surface area contributed by atoms with Gasteiger partial charge < -0.3 is 25.5 Å². The molecule has 0 atom stereocenters. The highest BCUT2D eigenvalue weighted by molar-refractivity contribution is 5.67. The number of carboxylic acids is 1. The molecule has 0 spiro atoms. The van der Waals surface area contributed by atoms with Crippen molar-refractivity contribution in [2.45, 2.75) is 20.8 Å². The zero-order valence-corrected chi connectivity index (χ0v) is 8.97. The number of rotatable bonds is 1. The highest BCUT2D eigenvalue weighted by atomic mass is 16.4. The van der Waals surface area contributed by atoms with Gasteiger partial charge >= 0.3 is 5.97 Å². The van der Waals surface area contributed by atoms with Crippen LogP contribution in [0.5, 0.6) is 0 Å². The Bertz CT molecular complexity index is 71.5. The molecule has 0 aromatic heterocycles. The van der Waals surface area contributed by atoms with Crippen LogP contribution < -0.4 is 0 Å². The summed E-state index contributed by atoms with van der Waals surface area (Å²) in [6.45, 7) is 5.01. The maximum absolute atomic E-state index is 9.12. The molecule has 6 heteroatoms. The average molecular weight is 214 g/mol. The Morgan fingerprint density at radius 1 is 0.857 bits per heavy atom. The molecule has 0 heterocycles. The molecule has 0 aliphatic heterocycles. The Hall–Kier alpha value is -0.690. The first kappa shape index (κ1) is 23.3. The van der Waals surface area contributed by atoms with E-state index in [1.165, 1.54) is 0 Å². The number of carboxylic acid groups (broad SMARTS) is 1. The third-order valence-electron chi connectivity index (χ3n) is 0.135. The van der Waals surface area contributed by atoms with E-state index < -0.39 is 12.6 Å². The van der Waals surface area contributed by atoms with Crippen molar-refractivity contribution in [3.63, 3.8) is 0 Å². The fourth-order valence-corrected chi connectivity index (χ4v) is 0. The first-order valence-corrected chi connectivity index (χ1v) is 4.17. The Morgan fingerprint density at radius 3 is 0.929 bits per heavy atom. The second kappa shape index (κ2) is 39.5.